The van der Waals surface area contributed by atoms with Crippen molar-refractivity contribution in [3.63, 3.8) is 0 Å². The Balaban J connectivity index is 1.72. The molecule has 1 saturated heterocycles. The van der Waals surface area contributed by atoms with E-state index >= 15 is 0 Å². The van der Waals surface area contributed by atoms with Crippen molar-refractivity contribution < 1.29 is 19.4 Å². The number of hydrogen-bond acceptors (Lipinski definition) is 5. The van der Waals surface area contributed by atoms with Crippen molar-refractivity contribution in [2.45, 2.75) is 13.8 Å². The quantitative estimate of drug-likeness (QED) is 0.354. The molecule has 0 aliphatic carbocycles. The number of amides is 1. The molecule has 9 heteroatoms. The molecule has 3 aromatic rings. The monoisotopic (exact) mass is 526 g/mol. The first-order valence-corrected chi connectivity index (χ1v) is 12.1. The molecule has 1 amide bonds. The molecule has 1 fully saturated rings. The number of aliphatic carboxylic acids is 1. The van der Waals surface area contributed by atoms with Crippen molar-refractivity contribution in [2.75, 3.05) is 11.5 Å². The fourth-order valence-corrected chi connectivity index (χ4v) is 4.90. The summed E-state index contributed by atoms with van der Waals surface area (Å²) in [4.78, 5) is 31.0. The second-order valence-corrected chi connectivity index (χ2v) is 9.64. The molecule has 0 radical (unpaired) electrons. The van der Waals surface area contributed by atoms with Gasteiger partial charge in [-0.15, -0.1) is 0 Å². The van der Waals surface area contributed by atoms with Crippen LogP contribution in [0.2, 0.25) is 10.0 Å². The standard InChI is InChI=1S/C26H20Cl2N2O4S/c1-15-3-7-18(8-4-15)29-26-30(19-9-5-16(2)6-10-19)25(33)22(35-26)13-17-11-20(27)24(21(28)12-17)34-14-23(31)32/h3-13H,14H2,1-2H3,(H,31,32)/b22-13-,29-26?. The molecule has 6 nitrogen and oxygen atoms in total. The number of hydrogen-bond donors (Lipinski definition) is 1. The summed E-state index contributed by atoms with van der Waals surface area (Å²) >= 11 is 13.8. The Labute approximate surface area is 216 Å². The van der Waals surface area contributed by atoms with Crippen LogP contribution in [0.5, 0.6) is 5.75 Å². The van der Waals surface area contributed by atoms with E-state index in [1.807, 2.05) is 62.4 Å². The first kappa shape index (κ1) is 24.9. The minimum Gasteiger partial charge on any atom is -0.479 e. The van der Waals surface area contributed by atoms with E-state index in [1.165, 1.54) is 11.8 Å². The zero-order chi connectivity index (χ0) is 25.1. The van der Waals surface area contributed by atoms with Crippen LogP contribution < -0.4 is 9.64 Å². The number of carboxylic acid groups (broad SMARTS) is 1. The molecular weight excluding hydrogens is 507 g/mol. The highest BCUT2D eigenvalue weighted by atomic mass is 35.5. The molecule has 1 aliphatic rings. The van der Waals surface area contributed by atoms with Gasteiger partial charge in [-0.3, -0.25) is 9.69 Å². The molecule has 178 valence electrons. The van der Waals surface area contributed by atoms with E-state index in [0.717, 1.165) is 16.8 Å². The number of rotatable bonds is 6. The molecule has 0 atom stereocenters. The van der Waals surface area contributed by atoms with Crippen molar-refractivity contribution in [1.82, 2.24) is 0 Å². The number of ether oxygens (including phenoxy) is 1. The van der Waals surface area contributed by atoms with Gasteiger partial charge in [-0.1, -0.05) is 58.6 Å². The van der Waals surface area contributed by atoms with E-state index in [9.17, 15) is 9.59 Å². The van der Waals surface area contributed by atoms with Gasteiger partial charge in [0.2, 0.25) is 0 Å². The molecule has 0 bridgehead atoms. The highest BCUT2D eigenvalue weighted by Crippen LogP contribution is 2.39. The van der Waals surface area contributed by atoms with Crippen LogP contribution in [0.25, 0.3) is 6.08 Å². The molecular formula is C26H20Cl2N2O4S. The van der Waals surface area contributed by atoms with Crippen molar-refractivity contribution in [3.8, 4) is 5.75 Å². The first-order valence-electron chi connectivity index (χ1n) is 10.5. The maximum absolute atomic E-state index is 13.5. The second kappa shape index (κ2) is 10.6. The summed E-state index contributed by atoms with van der Waals surface area (Å²) in [5.41, 5.74) is 4.20. The van der Waals surface area contributed by atoms with Crippen LogP contribution in [0.4, 0.5) is 11.4 Å². The Morgan fingerprint density at radius 3 is 2.17 bits per heavy atom. The molecule has 1 N–H and O–H groups in total. The van der Waals surface area contributed by atoms with Crippen molar-refractivity contribution in [3.05, 3.63) is 92.3 Å². The third-order valence-corrected chi connectivity index (χ3v) is 6.55. The number of carbonyl (C=O) groups excluding carboxylic acids is 1. The van der Waals surface area contributed by atoms with Crippen LogP contribution in [0.15, 0.2) is 70.6 Å². The van der Waals surface area contributed by atoms with Crippen molar-refractivity contribution in [1.29, 1.82) is 0 Å². The van der Waals surface area contributed by atoms with E-state index < -0.39 is 12.6 Å². The van der Waals surface area contributed by atoms with Gasteiger partial charge in [0.15, 0.2) is 17.5 Å². The van der Waals surface area contributed by atoms with Crippen LogP contribution in [0.1, 0.15) is 16.7 Å². The normalized spacial score (nSPS) is 15.8. The number of anilines is 1. The fourth-order valence-electron chi connectivity index (χ4n) is 3.29. The Bertz CT molecular complexity index is 1330. The lowest BCUT2D eigenvalue weighted by Crippen LogP contribution is -2.28. The first-order chi connectivity index (χ1) is 16.7. The predicted octanol–water partition coefficient (Wildman–Crippen LogP) is 6.88. The number of aryl methyl sites for hydroxylation is 2. The van der Waals surface area contributed by atoms with E-state index in [1.54, 1.807) is 23.1 Å². The van der Waals surface area contributed by atoms with Gasteiger partial charge < -0.3 is 9.84 Å². The Hall–Kier alpha value is -3.26. The van der Waals surface area contributed by atoms with Crippen molar-refractivity contribution >= 4 is 69.5 Å². The minimum atomic E-state index is -1.15. The molecule has 0 saturated carbocycles. The maximum Gasteiger partial charge on any atom is 0.341 e. The largest absolute Gasteiger partial charge is 0.479 e. The van der Waals surface area contributed by atoms with E-state index in [-0.39, 0.29) is 21.7 Å². The Morgan fingerprint density at radius 1 is 1.03 bits per heavy atom. The summed E-state index contributed by atoms with van der Waals surface area (Å²) in [6.45, 7) is 3.41. The van der Waals surface area contributed by atoms with Gasteiger partial charge in [-0.05, 0) is 73.6 Å². The van der Waals surface area contributed by atoms with Gasteiger partial charge in [0.05, 0.1) is 26.3 Å². The third-order valence-electron chi connectivity index (χ3n) is 5.02. The number of carboxylic acids is 1. The number of nitrogens with zero attached hydrogens (tertiary/aromatic N) is 2. The lowest BCUT2D eigenvalue weighted by atomic mass is 10.2. The molecule has 1 heterocycles. The lowest BCUT2D eigenvalue weighted by molar-refractivity contribution is -0.139. The highest BCUT2D eigenvalue weighted by molar-refractivity contribution is 8.19. The van der Waals surface area contributed by atoms with Crippen LogP contribution >= 0.6 is 35.0 Å². The van der Waals surface area contributed by atoms with Gasteiger partial charge in [0, 0.05) is 0 Å². The zero-order valence-electron chi connectivity index (χ0n) is 18.8. The zero-order valence-corrected chi connectivity index (χ0v) is 21.1. The maximum atomic E-state index is 13.5. The highest BCUT2D eigenvalue weighted by Gasteiger charge is 2.34. The van der Waals surface area contributed by atoms with Crippen LogP contribution in [-0.2, 0) is 9.59 Å². The summed E-state index contributed by atoms with van der Waals surface area (Å²) in [5, 5.41) is 9.64. The molecule has 3 aromatic carbocycles. The second-order valence-electron chi connectivity index (χ2n) is 7.81. The molecule has 4 rings (SSSR count). The Morgan fingerprint density at radius 2 is 1.60 bits per heavy atom. The van der Waals surface area contributed by atoms with Gasteiger partial charge >= 0.3 is 5.97 Å². The summed E-state index contributed by atoms with van der Waals surface area (Å²) in [7, 11) is 0. The smallest absolute Gasteiger partial charge is 0.341 e. The van der Waals surface area contributed by atoms with Gasteiger partial charge in [0.25, 0.3) is 5.91 Å². The number of halogens is 2. The van der Waals surface area contributed by atoms with E-state index in [0.29, 0.717) is 21.3 Å². The number of thioether (sulfide) groups is 1. The Kier molecular flexibility index (Phi) is 7.50. The van der Waals surface area contributed by atoms with Gasteiger partial charge in [0.1, 0.15) is 0 Å². The van der Waals surface area contributed by atoms with Crippen LogP contribution in [-0.4, -0.2) is 28.8 Å². The average Bonchev–Trinajstić information content (AvgIpc) is 3.09. The summed E-state index contributed by atoms with van der Waals surface area (Å²) in [5.74, 6) is -1.30. The van der Waals surface area contributed by atoms with Crippen molar-refractivity contribution in [2.24, 2.45) is 4.99 Å². The molecule has 35 heavy (non-hydrogen) atoms. The SMILES string of the molecule is Cc1ccc(N=C2S/C(=C\c3cc(Cl)c(OCC(=O)O)c(Cl)c3)C(=O)N2c2ccc(C)cc2)cc1. The summed E-state index contributed by atoms with van der Waals surface area (Å²) in [6.07, 6.45) is 1.67. The predicted molar refractivity (Wildman–Crippen MR) is 142 cm³/mol. The van der Waals surface area contributed by atoms with Gasteiger partial charge in [-0.25, -0.2) is 9.79 Å². The minimum absolute atomic E-state index is 0.0752. The number of aliphatic imine (C=N–C) groups is 1. The summed E-state index contributed by atoms with van der Waals surface area (Å²) < 4.78 is 5.17. The number of amidine groups is 1. The topological polar surface area (TPSA) is 79.2 Å². The fraction of sp³-hybridized carbons (Fsp3) is 0.115. The van der Waals surface area contributed by atoms with E-state index in [4.69, 9.17) is 38.0 Å². The molecule has 0 unspecified atom stereocenters. The van der Waals surface area contributed by atoms with Crippen LogP contribution in [0.3, 0.4) is 0 Å². The van der Waals surface area contributed by atoms with Crippen LogP contribution in [0, 0.1) is 13.8 Å². The molecule has 0 aromatic heterocycles. The lowest BCUT2D eigenvalue weighted by Gasteiger charge is -2.16. The van der Waals surface area contributed by atoms with E-state index in [2.05, 4.69) is 0 Å². The number of carbonyl (C=O) groups is 2. The van der Waals surface area contributed by atoms with Gasteiger partial charge in [-0.2, -0.15) is 0 Å². The summed E-state index contributed by atoms with van der Waals surface area (Å²) in [6, 6.07) is 18.5. The average molecular weight is 527 g/mol. The molecule has 0 spiro atoms. The third kappa shape index (κ3) is 5.88. The number of benzene rings is 3. The molecule has 1 aliphatic heterocycles.